The number of halogens is 2. The number of aryl methyl sites for hydroxylation is 1. The van der Waals surface area contributed by atoms with Crippen LogP contribution in [0.2, 0.25) is 10.0 Å². The normalized spacial score (nSPS) is 13.9. The number of carbonyl (C=O) groups is 2. The third kappa shape index (κ3) is 6.02. The summed E-state index contributed by atoms with van der Waals surface area (Å²) in [6.07, 6.45) is 0. The highest BCUT2D eigenvalue weighted by atomic mass is 35.5. The largest absolute Gasteiger partial charge is 0.484 e. The van der Waals surface area contributed by atoms with Crippen molar-refractivity contribution < 1.29 is 19.1 Å². The topological polar surface area (TPSA) is 59.1 Å². The molecule has 0 atom stereocenters. The first-order chi connectivity index (χ1) is 13.9. The molecular formula is C21H22Cl2N2O4. The number of hydrogen-bond donors (Lipinski definition) is 0. The van der Waals surface area contributed by atoms with Crippen LogP contribution in [0.1, 0.15) is 5.56 Å². The van der Waals surface area contributed by atoms with Gasteiger partial charge in [0.1, 0.15) is 11.5 Å². The van der Waals surface area contributed by atoms with E-state index in [4.69, 9.17) is 32.7 Å². The molecule has 0 N–H and O–H groups in total. The van der Waals surface area contributed by atoms with Gasteiger partial charge in [0, 0.05) is 31.2 Å². The van der Waals surface area contributed by atoms with Crippen molar-refractivity contribution >= 4 is 35.0 Å². The molecule has 6 nitrogen and oxygen atoms in total. The summed E-state index contributed by atoms with van der Waals surface area (Å²) in [5, 5.41) is 0.857. The van der Waals surface area contributed by atoms with Crippen LogP contribution in [-0.2, 0) is 9.59 Å². The van der Waals surface area contributed by atoms with Gasteiger partial charge in [-0.25, -0.2) is 0 Å². The molecule has 0 aliphatic carbocycles. The Morgan fingerprint density at radius 3 is 1.97 bits per heavy atom. The second kappa shape index (κ2) is 9.85. The Morgan fingerprint density at radius 1 is 0.862 bits per heavy atom. The molecule has 0 spiro atoms. The van der Waals surface area contributed by atoms with Crippen molar-refractivity contribution in [3.05, 3.63) is 58.1 Å². The van der Waals surface area contributed by atoms with Crippen LogP contribution in [0.4, 0.5) is 0 Å². The molecule has 0 saturated carbocycles. The van der Waals surface area contributed by atoms with E-state index in [-0.39, 0.29) is 25.0 Å². The van der Waals surface area contributed by atoms with Gasteiger partial charge in [0.25, 0.3) is 11.8 Å². The molecule has 8 heteroatoms. The number of nitrogens with zero attached hydrogens (tertiary/aromatic N) is 2. The lowest BCUT2D eigenvalue weighted by atomic mass is 10.2. The molecule has 2 aromatic rings. The first kappa shape index (κ1) is 21.3. The Hall–Kier alpha value is -2.44. The summed E-state index contributed by atoms with van der Waals surface area (Å²) in [4.78, 5) is 28.1. The highest BCUT2D eigenvalue weighted by molar-refractivity contribution is 6.35. The van der Waals surface area contributed by atoms with Gasteiger partial charge < -0.3 is 19.3 Å². The summed E-state index contributed by atoms with van der Waals surface area (Å²) >= 11 is 11.9. The van der Waals surface area contributed by atoms with Crippen molar-refractivity contribution in [3.8, 4) is 11.5 Å². The van der Waals surface area contributed by atoms with Gasteiger partial charge in [-0.1, -0.05) is 40.9 Å². The molecule has 2 aromatic carbocycles. The van der Waals surface area contributed by atoms with Gasteiger partial charge in [0.05, 0.1) is 5.02 Å². The maximum absolute atomic E-state index is 12.4. The van der Waals surface area contributed by atoms with Crippen molar-refractivity contribution in [2.24, 2.45) is 0 Å². The summed E-state index contributed by atoms with van der Waals surface area (Å²) < 4.78 is 11.0. The predicted molar refractivity (Wildman–Crippen MR) is 112 cm³/mol. The molecule has 1 heterocycles. The van der Waals surface area contributed by atoms with Gasteiger partial charge in [0.15, 0.2) is 13.2 Å². The van der Waals surface area contributed by atoms with Crippen LogP contribution >= 0.6 is 23.2 Å². The Morgan fingerprint density at radius 2 is 1.41 bits per heavy atom. The molecule has 0 radical (unpaired) electrons. The number of piperazine rings is 1. The number of benzene rings is 2. The summed E-state index contributed by atoms with van der Waals surface area (Å²) in [5.41, 5.74) is 1.13. The van der Waals surface area contributed by atoms with Crippen molar-refractivity contribution in [3.63, 3.8) is 0 Å². The van der Waals surface area contributed by atoms with E-state index in [1.54, 1.807) is 28.0 Å². The van der Waals surface area contributed by atoms with Crippen LogP contribution in [0, 0.1) is 6.92 Å². The predicted octanol–water partition coefficient (Wildman–Crippen LogP) is 3.43. The standard InChI is InChI=1S/C21H22Cl2N2O4/c1-15-2-5-17(6-3-15)28-13-20(26)24-8-10-25(11-9-24)21(27)14-29-19-7-4-16(22)12-18(19)23/h2-7,12H,8-11,13-14H2,1H3. The average molecular weight is 437 g/mol. The van der Waals surface area contributed by atoms with Crippen LogP contribution in [-0.4, -0.2) is 61.0 Å². The Kier molecular flexibility index (Phi) is 7.23. The lowest BCUT2D eigenvalue weighted by molar-refractivity contribution is -0.141. The molecule has 1 aliphatic rings. The van der Waals surface area contributed by atoms with Gasteiger partial charge in [-0.2, -0.15) is 0 Å². The average Bonchev–Trinajstić information content (AvgIpc) is 2.72. The third-order valence-corrected chi connectivity index (χ3v) is 5.14. The number of carbonyl (C=O) groups excluding carboxylic acids is 2. The summed E-state index contributed by atoms with van der Waals surface area (Å²) in [7, 11) is 0. The van der Waals surface area contributed by atoms with Gasteiger partial charge in [-0.3, -0.25) is 9.59 Å². The number of rotatable bonds is 6. The van der Waals surface area contributed by atoms with Crippen LogP contribution < -0.4 is 9.47 Å². The fourth-order valence-corrected chi connectivity index (χ4v) is 3.36. The van der Waals surface area contributed by atoms with Gasteiger partial charge in [-0.15, -0.1) is 0 Å². The van der Waals surface area contributed by atoms with Crippen molar-refractivity contribution in [1.82, 2.24) is 9.80 Å². The zero-order valence-corrected chi connectivity index (χ0v) is 17.6. The molecule has 0 unspecified atom stereocenters. The second-order valence-corrected chi connectivity index (χ2v) is 7.57. The highest BCUT2D eigenvalue weighted by Gasteiger charge is 2.24. The van der Waals surface area contributed by atoms with E-state index >= 15 is 0 Å². The van der Waals surface area contributed by atoms with Gasteiger partial charge in [0.2, 0.25) is 0 Å². The van der Waals surface area contributed by atoms with Crippen LogP contribution in [0.25, 0.3) is 0 Å². The lowest BCUT2D eigenvalue weighted by Crippen LogP contribution is -2.52. The summed E-state index contributed by atoms with van der Waals surface area (Å²) in [6, 6.07) is 12.4. The first-order valence-electron chi connectivity index (χ1n) is 9.25. The quantitative estimate of drug-likeness (QED) is 0.695. The number of amides is 2. The Bertz CT molecular complexity index is 865. The second-order valence-electron chi connectivity index (χ2n) is 6.73. The van der Waals surface area contributed by atoms with E-state index in [0.29, 0.717) is 47.7 Å². The van der Waals surface area contributed by atoms with E-state index in [2.05, 4.69) is 0 Å². The van der Waals surface area contributed by atoms with E-state index in [1.807, 2.05) is 31.2 Å². The summed E-state index contributed by atoms with van der Waals surface area (Å²) in [6.45, 7) is 3.68. The molecule has 1 saturated heterocycles. The third-order valence-electron chi connectivity index (χ3n) is 4.61. The SMILES string of the molecule is Cc1ccc(OCC(=O)N2CCN(C(=O)COc3ccc(Cl)cc3Cl)CC2)cc1. The van der Waals surface area contributed by atoms with Crippen LogP contribution in [0.15, 0.2) is 42.5 Å². The van der Waals surface area contributed by atoms with E-state index in [1.165, 1.54) is 0 Å². The van der Waals surface area contributed by atoms with Crippen LogP contribution in [0.5, 0.6) is 11.5 Å². The zero-order chi connectivity index (χ0) is 20.8. The molecule has 1 fully saturated rings. The molecule has 3 rings (SSSR count). The van der Waals surface area contributed by atoms with Gasteiger partial charge in [-0.05, 0) is 37.3 Å². The molecule has 1 aliphatic heterocycles. The van der Waals surface area contributed by atoms with Gasteiger partial charge >= 0.3 is 0 Å². The zero-order valence-electron chi connectivity index (χ0n) is 16.1. The van der Waals surface area contributed by atoms with Crippen molar-refractivity contribution in [2.45, 2.75) is 6.92 Å². The maximum atomic E-state index is 12.4. The smallest absolute Gasteiger partial charge is 0.260 e. The molecule has 154 valence electrons. The maximum Gasteiger partial charge on any atom is 0.260 e. The molecular weight excluding hydrogens is 415 g/mol. The lowest BCUT2D eigenvalue weighted by Gasteiger charge is -2.34. The first-order valence-corrected chi connectivity index (χ1v) is 10.0. The number of hydrogen-bond acceptors (Lipinski definition) is 4. The monoisotopic (exact) mass is 436 g/mol. The summed E-state index contributed by atoms with van der Waals surface area (Å²) in [5.74, 6) is 0.822. The van der Waals surface area contributed by atoms with E-state index in [0.717, 1.165) is 5.56 Å². The molecule has 0 aromatic heterocycles. The van der Waals surface area contributed by atoms with Crippen LogP contribution in [0.3, 0.4) is 0 Å². The Balaban J connectivity index is 1.41. The minimum atomic E-state index is -0.154. The molecule has 0 bridgehead atoms. The minimum Gasteiger partial charge on any atom is -0.484 e. The van der Waals surface area contributed by atoms with Crippen molar-refractivity contribution in [1.29, 1.82) is 0 Å². The van der Waals surface area contributed by atoms with E-state index in [9.17, 15) is 9.59 Å². The fraction of sp³-hybridized carbons (Fsp3) is 0.333. The molecule has 2 amide bonds. The molecule has 29 heavy (non-hydrogen) atoms. The Labute approximate surface area is 179 Å². The number of ether oxygens (including phenoxy) is 2. The highest BCUT2D eigenvalue weighted by Crippen LogP contribution is 2.27. The van der Waals surface area contributed by atoms with Crippen molar-refractivity contribution in [2.75, 3.05) is 39.4 Å². The van der Waals surface area contributed by atoms with E-state index < -0.39 is 0 Å². The fourth-order valence-electron chi connectivity index (χ4n) is 2.90. The minimum absolute atomic E-state index is 0.0187.